The Morgan fingerprint density at radius 3 is 2.66 bits per heavy atom. The highest BCUT2D eigenvalue weighted by molar-refractivity contribution is 9.10. The summed E-state index contributed by atoms with van der Waals surface area (Å²) < 4.78 is 41.1. The zero-order valence-corrected chi connectivity index (χ0v) is 17.3. The maximum atomic E-state index is 13.0. The summed E-state index contributed by atoms with van der Waals surface area (Å²) in [5.41, 5.74) is -0.145. The van der Waals surface area contributed by atoms with Gasteiger partial charge in [-0.25, -0.2) is 9.97 Å². The van der Waals surface area contributed by atoms with Crippen LogP contribution in [0.15, 0.2) is 46.1 Å². The van der Waals surface area contributed by atoms with E-state index in [1.165, 1.54) is 12.4 Å². The van der Waals surface area contributed by atoms with Crippen LogP contribution in [0, 0.1) is 0 Å². The highest BCUT2D eigenvalue weighted by Crippen LogP contribution is 2.43. The van der Waals surface area contributed by atoms with Crippen LogP contribution in [-0.2, 0) is 11.7 Å². The van der Waals surface area contributed by atoms with Gasteiger partial charge in [0.1, 0.15) is 16.6 Å². The number of rotatable bonds is 4. The minimum absolute atomic E-state index is 0.159. The van der Waals surface area contributed by atoms with E-state index in [4.69, 9.17) is 0 Å². The van der Waals surface area contributed by atoms with Crippen molar-refractivity contribution in [3.63, 3.8) is 0 Å². The van der Waals surface area contributed by atoms with Crippen molar-refractivity contribution in [1.82, 2.24) is 14.5 Å². The second-order valence-corrected chi connectivity index (χ2v) is 8.38. The number of alkyl halides is 3. The molecule has 152 valence electrons. The first-order chi connectivity index (χ1) is 13.6. The molecule has 1 saturated carbocycles. The molecule has 0 saturated heterocycles. The third-order valence-corrected chi connectivity index (χ3v) is 6.09. The molecule has 1 aliphatic rings. The molecule has 0 radical (unpaired) electrons. The van der Waals surface area contributed by atoms with Gasteiger partial charge < -0.3 is 9.88 Å². The van der Waals surface area contributed by atoms with Crippen molar-refractivity contribution < 1.29 is 13.2 Å². The van der Waals surface area contributed by atoms with E-state index in [0.717, 1.165) is 25.0 Å². The topological polar surface area (TPSA) is 59.8 Å². The summed E-state index contributed by atoms with van der Waals surface area (Å²) in [6, 6.07) is 4.75. The molecule has 0 aliphatic heterocycles. The fraction of sp³-hybridized carbons (Fsp3) is 0.350. The maximum Gasteiger partial charge on any atom is 0.416 e. The van der Waals surface area contributed by atoms with Crippen LogP contribution in [0.2, 0.25) is 0 Å². The van der Waals surface area contributed by atoms with Crippen molar-refractivity contribution in [3.05, 3.63) is 62.7 Å². The zero-order valence-electron chi connectivity index (χ0n) is 15.7. The van der Waals surface area contributed by atoms with Gasteiger partial charge in [-0.1, -0.05) is 12.1 Å². The molecule has 0 unspecified atom stereocenters. The second kappa shape index (κ2) is 6.83. The van der Waals surface area contributed by atoms with Gasteiger partial charge in [0.25, 0.3) is 5.56 Å². The Kier molecular flexibility index (Phi) is 4.68. The largest absolute Gasteiger partial charge is 0.416 e. The van der Waals surface area contributed by atoms with Crippen LogP contribution in [-0.4, -0.2) is 14.5 Å². The first kappa shape index (κ1) is 19.9. The van der Waals surface area contributed by atoms with Gasteiger partial charge in [0.2, 0.25) is 0 Å². The zero-order chi connectivity index (χ0) is 21.0. The Labute approximate surface area is 173 Å². The lowest BCUT2D eigenvalue weighted by Gasteiger charge is -2.19. The predicted octanol–water partition coefficient (Wildman–Crippen LogP) is 5.25. The molecule has 3 aromatic rings. The van der Waals surface area contributed by atoms with Crippen molar-refractivity contribution in [2.45, 2.75) is 44.4 Å². The van der Waals surface area contributed by atoms with Crippen LogP contribution >= 0.6 is 15.9 Å². The summed E-state index contributed by atoms with van der Waals surface area (Å²) in [5, 5.41) is 3.80. The Morgan fingerprint density at radius 1 is 1.28 bits per heavy atom. The SMILES string of the molecule is C[C@@H](Nc1ncnc2c(Br)c(=O)n(C3(C)CC3)cc12)c1cccc(C(F)(F)F)c1. The van der Waals surface area contributed by atoms with Crippen molar-refractivity contribution in [3.8, 4) is 0 Å². The van der Waals surface area contributed by atoms with Crippen molar-refractivity contribution in [2.75, 3.05) is 5.32 Å². The summed E-state index contributed by atoms with van der Waals surface area (Å²) >= 11 is 3.35. The molecule has 1 atom stereocenters. The molecule has 1 N–H and O–H groups in total. The van der Waals surface area contributed by atoms with E-state index in [1.807, 2.05) is 6.92 Å². The second-order valence-electron chi connectivity index (χ2n) is 7.59. The van der Waals surface area contributed by atoms with Crippen molar-refractivity contribution >= 4 is 32.7 Å². The number of fused-ring (bicyclic) bond motifs is 1. The minimum atomic E-state index is -4.40. The molecule has 5 nitrogen and oxygen atoms in total. The van der Waals surface area contributed by atoms with Gasteiger partial charge in [-0.15, -0.1) is 0 Å². The standard InChI is InChI=1S/C20H18BrF3N4O/c1-11(12-4-3-5-13(8-12)20(22,23)24)27-17-14-9-28(19(2)6-7-19)18(29)15(21)16(14)25-10-26-17/h3-5,8-11H,6-7H2,1-2H3,(H,25,26,27)/t11-/m1/s1. The number of benzene rings is 1. The van der Waals surface area contributed by atoms with Crippen molar-refractivity contribution in [2.24, 2.45) is 0 Å². The van der Waals surface area contributed by atoms with Gasteiger partial charge in [-0.05, 0) is 60.3 Å². The molecule has 0 bridgehead atoms. The normalized spacial score (nSPS) is 16.6. The molecule has 1 aliphatic carbocycles. The monoisotopic (exact) mass is 466 g/mol. The highest BCUT2D eigenvalue weighted by atomic mass is 79.9. The molecule has 2 heterocycles. The molecular formula is C20H18BrF3N4O. The van der Waals surface area contributed by atoms with E-state index in [2.05, 4.69) is 31.2 Å². The molecule has 1 aromatic carbocycles. The molecule has 0 amide bonds. The third-order valence-electron chi connectivity index (χ3n) is 5.38. The first-order valence-electron chi connectivity index (χ1n) is 9.10. The van der Waals surface area contributed by atoms with E-state index in [1.54, 1.807) is 23.8 Å². The van der Waals surface area contributed by atoms with E-state index in [9.17, 15) is 18.0 Å². The average Bonchev–Trinajstić information content (AvgIpc) is 3.42. The number of pyridine rings is 1. The Bertz CT molecular complexity index is 1150. The third kappa shape index (κ3) is 3.63. The molecule has 9 heteroatoms. The summed E-state index contributed by atoms with van der Waals surface area (Å²) in [7, 11) is 0. The smallest absolute Gasteiger partial charge is 0.363 e. The number of halogens is 4. The fourth-order valence-electron chi connectivity index (χ4n) is 3.30. The van der Waals surface area contributed by atoms with Gasteiger partial charge in [-0.3, -0.25) is 4.79 Å². The van der Waals surface area contributed by atoms with Gasteiger partial charge in [0.05, 0.1) is 16.5 Å². The summed E-state index contributed by atoms with van der Waals surface area (Å²) in [6.07, 6.45) is 0.468. The van der Waals surface area contributed by atoms with Crippen LogP contribution in [0.4, 0.5) is 19.0 Å². The first-order valence-corrected chi connectivity index (χ1v) is 9.89. The van der Waals surface area contributed by atoms with E-state index >= 15 is 0 Å². The number of anilines is 1. The van der Waals surface area contributed by atoms with Crippen LogP contribution in [0.3, 0.4) is 0 Å². The summed E-state index contributed by atoms with van der Waals surface area (Å²) in [6.45, 7) is 3.77. The summed E-state index contributed by atoms with van der Waals surface area (Å²) in [4.78, 5) is 21.2. The van der Waals surface area contributed by atoms with Gasteiger partial charge >= 0.3 is 6.18 Å². The number of hydrogen-bond donors (Lipinski definition) is 1. The number of aromatic nitrogens is 3. The average molecular weight is 467 g/mol. The quantitative estimate of drug-likeness (QED) is 0.569. The van der Waals surface area contributed by atoms with Crippen molar-refractivity contribution in [1.29, 1.82) is 0 Å². The Hall–Kier alpha value is -2.42. The Morgan fingerprint density at radius 2 is 2.00 bits per heavy atom. The number of nitrogens with one attached hydrogen (secondary N) is 1. The van der Waals surface area contributed by atoms with Crippen LogP contribution in [0.5, 0.6) is 0 Å². The van der Waals surface area contributed by atoms with Gasteiger partial charge in [0.15, 0.2) is 0 Å². The molecule has 4 rings (SSSR count). The molecule has 2 aromatic heterocycles. The lowest BCUT2D eigenvalue weighted by atomic mass is 10.0. The van der Waals surface area contributed by atoms with E-state index < -0.39 is 17.8 Å². The lowest BCUT2D eigenvalue weighted by Crippen LogP contribution is -2.28. The van der Waals surface area contributed by atoms with Crippen LogP contribution in [0.25, 0.3) is 10.9 Å². The number of hydrogen-bond acceptors (Lipinski definition) is 4. The van der Waals surface area contributed by atoms with E-state index in [-0.39, 0.29) is 11.1 Å². The molecule has 29 heavy (non-hydrogen) atoms. The maximum absolute atomic E-state index is 13.0. The van der Waals surface area contributed by atoms with Gasteiger partial charge in [0, 0.05) is 17.8 Å². The Balaban J connectivity index is 1.75. The van der Waals surface area contributed by atoms with Crippen LogP contribution < -0.4 is 10.9 Å². The molecule has 0 spiro atoms. The fourth-order valence-corrected chi connectivity index (χ4v) is 3.81. The predicted molar refractivity (Wildman–Crippen MR) is 108 cm³/mol. The molecular weight excluding hydrogens is 449 g/mol. The minimum Gasteiger partial charge on any atom is -0.363 e. The van der Waals surface area contributed by atoms with E-state index in [0.29, 0.717) is 26.8 Å². The molecule has 1 fully saturated rings. The number of nitrogens with zero attached hydrogens (tertiary/aromatic N) is 3. The lowest BCUT2D eigenvalue weighted by molar-refractivity contribution is -0.137. The van der Waals surface area contributed by atoms with Gasteiger partial charge in [-0.2, -0.15) is 13.2 Å². The highest BCUT2D eigenvalue weighted by Gasteiger charge is 2.40. The van der Waals surface area contributed by atoms with Crippen LogP contribution in [0.1, 0.15) is 43.9 Å². The summed E-state index contributed by atoms with van der Waals surface area (Å²) in [5.74, 6) is 0.457.